The number of anilines is 2. The molecule has 16 heavy (non-hydrogen) atoms. The van der Waals surface area contributed by atoms with Crippen LogP contribution in [0.1, 0.15) is 0 Å². The van der Waals surface area contributed by atoms with E-state index in [-0.39, 0.29) is 5.82 Å². The first-order valence-corrected chi connectivity index (χ1v) is 5.94. The van der Waals surface area contributed by atoms with Gasteiger partial charge in [0.2, 0.25) is 0 Å². The van der Waals surface area contributed by atoms with Gasteiger partial charge >= 0.3 is 0 Å². The molecule has 0 aliphatic rings. The normalized spacial score (nSPS) is 10.2. The molecule has 0 aliphatic carbocycles. The van der Waals surface area contributed by atoms with Crippen LogP contribution < -0.4 is 5.32 Å². The molecule has 5 heteroatoms. The third-order valence-electron chi connectivity index (χ3n) is 1.94. The lowest BCUT2D eigenvalue weighted by molar-refractivity contribution is 0.627. The Balaban J connectivity index is 2.27. The number of hydrogen-bond donors (Lipinski definition) is 1. The first-order chi connectivity index (χ1) is 7.65. The highest BCUT2D eigenvalue weighted by molar-refractivity contribution is 14.1. The van der Waals surface area contributed by atoms with Crippen molar-refractivity contribution in [3.63, 3.8) is 0 Å². The Labute approximate surface area is 111 Å². The predicted octanol–water partition coefficient (Wildman–Crippen LogP) is 4.22. The van der Waals surface area contributed by atoms with E-state index in [2.05, 4.69) is 32.9 Å². The fourth-order valence-corrected chi connectivity index (χ4v) is 2.01. The molecule has 0 amide bonds. The van der Waals surface area contributed by atoms with E-state index in [9.17, 15) is 4.39 Å². The van der Waals surface area contributed by atoms with Crippen LogP contribution >= 0.6 is 34.2 Å². The quantitative estimate of drug-likeness (QED) is 0.649. The van der Waals surface area contributed by atoms with Gasteiger partial charge in [-0.15, -0.1) is 0 Å². The van der Waals surface area contributed by atoms with Crippen molar-refractivity contribution in [1.82, 2.24) is 4.98 Å². The topological polar surface area (TPSA) is 24.9 Å². The van der Waals surface area contributed by atoms with E-state index < -0.39 is 0 Å². The molecule has 0 aliphatic heterocycles. The largest absolute Gasteiger partial charge is 0.355 e. The molecular weight excluding hydrogens is 341 g/mol. The van der Waals surface area contributed by atoms with Gasteiger partial charge in [-0.1, -0.05) is 11.6 Å². The summed E-state index contributed by atoms with van der Waals surface area (Å²) >= 11 is 7.83. The third kappa shape index (κ3) is 2.82. The van der Waals surface area contributed by atoms with Gasteiger partial charge in [0, 0.05) is 15.5 Å². The molecule has 0 spiro atoms. The Bertz CT molecular complexity index is 519. The van der Waals surface area contributed by atoms with E-state index in [1.165, 1.54) is 12.1 Å². The molecule has 1 heterocycles. The minimum Gasteiger partial charge on any atom is -0.355 e. The van der Waals surface area contributed by atoms with E-state index in [4.69, 9.17) is 11.6 Å². The van der Waals surface area contributed by atoms with Gasteiger partial charge in [-0.2, -0.15) is 0 Å². The summed E-state index contributed by atoms with van der Waals surface area (Å²) in [4.78, 5) is 3.88. The summed E-state index contributed by atoms with van der Waals surface area (Å²) in [5.74, 6) is -0.247. The van der Waals surface area contributed by atoms with Crippen molar-refractivity contribution in [2.24, 2.45) is 0 Å². The van der Waals surface area contributed by atoms with Gasteiger partial charge in [0.05, 0.1) is 5.69 Å². The lowest BCUT2D eigenvalue weighted by atomic mass is 10.3. The van der Waals surface area contributed by atoms with Gasteiger partial charge in [0.15, 0.2) is 0 Å². The number of nitrogens with one attached hydrogen (secondary N) is 1. The highest BCUT2D eigenvalue weighted by Crippen LogP contribution is 2.24. The van der Waals surface area contributed by atoms with E-state index in [0.29, 0.717) is 5.15 Å². The number of nitrogens with zero attached hydrogens (tertiary/aromatic N) is 1. The average molecular weight is 349 g/mol. The predicted molar refractivity (Wildman–Crippen MR) is 71.6 cm³/mol. The van der Waals surface area contributed by atoms with Crippen LogP contribution in [0.15, 0.2) is 36.5 Å². The minimum absolute atomic E-state index is 0.247. The molecule has 1 N–H and O–H groups in total. The molecule has 0 saturated carbocycles. The minimum atomic E-state index is -0.247. The first kappa shape index (κ1) is 11.6. The molecule has 0 fully saturated rings. The van der Waals surface area contributed by atoms with Crippen molar-refractivity contribution >= 4 is 45.6 Å². The van der Waals surface area contributed by atoms with Gasteiger partial charge in [0.25, 0.3) is 0 Å². The fraction of sp³-hybridized carbons (Fsp3) is 0. The molecule has 1 aromatic heterocycles. The summed E-state index contributed by atoms with van der Waals surface area (Å²) < 4.78 is 13.7. The molecule has 2 nitrogen and oxygen atoms in total. The van der Waals surface area contributed by atoms with Crippen molar-refractivity contribution in [2.45, 2.75) is 0 Å². The molecule has 2 aromatic rings. The Morgan fingerprint density at radius 1 is 1.25 bits per heavy atom. The van der Waals surface area contributed by atoms with Crippen LogP contribution in [-0.4, -0.2) is 4.98 Å². The highest BCUT2D eigenvalue weighted by atomic mass is 127. The van der Waals surface area contributed by atoms with Crippen molar-refractivity contribution in [3.8, 4) is 0 Å². The van der Waals surface area contributed by atoms with Gasteiger partial charge < -0.3 is 5.32 Å². The Hall–Kier alpha value is -0.880. The maximum absolute atomic E-state index is 12.9. The summed E-state index contributed by atoms with van der Waals surface area (Å²) in [6, 6.07) is 8.07. The lowest BCUT2D eigenvalue weighted by Crippen LogP contribution is -1.94. The Kier molecular flexibility index (Phi) is 3.60. The Morgan fingerprint density at radius 2 is 2.06 bits per heavy atom. The maximum atomic E-state index is 12.9. The molecule has 0 radical (unpaired) electrons. The molecule has 1 aromatic carbocycles. The molecule has 2 rings (SSSR count). The number of halogens is 3. The number of pyridine rings is 1. The van der Waals surface area contributed by atoms with E-state index >= 15 is 0 Å². The zero-order valence-corrected chi connectivity index (χ0v) is 11.0. The summed E-state index contributed by atoms with van der Waals surface area (Å²) in [7, 11) is 0. The summed E-state index contributed by atoms with van der Waals surface area (Å²) in [5.41, 5.74) is 1.66. The Morgan fingerprint density at radius 3 is 2.75 bits per heavy atom. The number of benzene rings is 1. The smallest absolute Gasteiger partial charge is 0.131 e. The van der Waals surface area contributed by atoms with E-state index in [1.54, 1.807) is 24.4 Å². The van der Waals surface area contributed by atoms with Crippen LogP contribution in [0.3, 0.4) is 0 Å². The van der Waals surface area contributed by atoms with E-state index in [0.717, 1.165) is 14.9 Å². The molecular formula is C11H7ClFIN2. The van der Waals surface area contributed by atoms with Crippen molar-refractivity contribution in [1.29, 1.82) is 0 Å². The monoisotopic (exact) mass is 348 g/mol. The summed E-state index contributed by atoms with van der Waals surface area (Å²) in [6.07, 6.45) is 1.61. The van der Waals surface area contributed by atoms with Gasteiger partial charge in [-0.3, -0.25) is 0 Å². The standard InChI is InChI=1S/C11H7ClFIN2/c12-11-6-8(3-4-15-11)16-10-2-1-7(13)5-9(10)14/h1-6H,(H,15,16). The second-order valence-corrected chi connectivity index (χ2v) is 4.67. The van der Waals surface area contributed by atoms with E-state index in [1.807, 2.05) is 0 Å². The first-order valence-electron chi connectivity index (χ1n) is 4.49. The summed E-state index contributed by atoms with van der Waals surface area (Å²) in [6.45, 7) is 0. The highest BCUT2D eigenvalue weighted by Gasteiger charge is 2.02. The zero-order chi connectivity index (χ0) is 11.5. The lowest BCUT2D eigenvalue weighted by Gasteiger charge is -2.08. The van der Waals surface area contributed by atoms with Crippen molar-refractivity contribution < 1.29 is 4.39 Å². The molecule has 0 atom stereocenters. The van der Waals surface area contributed by atoms with Crippen LogP contribution in [0, 0.1) is 9.39 Å². The van der Waals surface area contributed by atoms with Gasteiger partial charge in [0.1, 0.15) is 11.0 Å². The maximum Gasteiger partial charge on any atom is 0.131 e. The molecule has 0 saturated heterocycles. The summed E-state index contributed by atoms with van der Waals surface area (Å²) in [5, 5.41) is 3.56. The number of hydrogen-bond acceptors (Lipinski definition) is 2. The van der Waals surface area contributed by atoms with Crippen LogP contribution in [-0.2, 0) is 0 Å². The van der Waals surface area contributed by atoms with Gasteiger partial charge in [-0.05, 0) is 52.9 Å². The zero-order valence-electron chi connectivity index (χ0n) is 8.05. The van der Waals surface area contributed by atoms with Crippen molar-refractivity contribution in [3.05, 3.63) is 51.1 Å². The molecule has 0 bridgehead atoms. The SMILES string of the molecule is Fc1ccc(Nc2ccnc(Cl)c2)c(I)c1. The molecule has 82 valence electrons. The van der Waals surface area contributed by atoms with Crippen LogP contribution in [0.4, 0.5) is 15.8 Å². The second-order valence-electron chi connectivity index (χ2n) is 3.12. The average Bonchev–Trinajstić information content (AvgIpc) is 2.22. The number of rotatable bonds is 2. The van der Waals surface area contributed by atoms with Crippen molar-refractivity contribution in [2.75, 3.05) is 5.32 Å². The van der Waals surface area contributed by atoms with Crippen LogP contribution in [0.2, 0.25) is 5.15 Å². The second kappa shape index (κ2) is 4.97. The third-order valence-corrected chi connectivity index (χ3v) is 3.04. The van der Waals surface area contributed by atoms with Crippen LogP contribution in [0.5, 0.6) is 0 Å². The van der Waals surface area contributed by atoms with Crippen LogP contribution in [0.25, 0.3) is 0 Å². The number of aromatic nitrogens is 1. The van der Waals surface area contributed by atoms with Gasteiger partial charge in [-0.25, -0.2) is 9.37 Å². The fourth-order valence-electron chi connectivity index (χ4n) is 1.23. The molecule has 0 unspecified atom stereocenters.